The number of aromatic nitrogens is 2. The third kappa shape index (κ3) is 2.93. The fourth-order valence-corrected chi connectivity index (χ4v) is 3.73. The summed E-state index contributed by atoms with van der Waals surface area (Å²) in [5.41, 5.74) is 4.06. The standard InChI is InChI=1S/C16H17N3OS/c17-8-14-12-5-1-2-6-13(12)16(19-15(14)20)21-10-11-4-3-7-18-9-11/h3-4,7-9,17H,1-2,5-6,10H2,(H,19,20). The number of rotatable bonds is 4. The third-order valence-electron chi connectivity index (χ3n) is 3.74. The first kappa shape index (κ1) is 14.1. The van der Waals surface area contributed by atoms with Gasteiger partial charge in [-0.15, -0.1) is 11.8 Å². The summed E-state index contributed by atoms with van der Waals surface area (Å²) in [6.45, 7) is 0. The van der Waals surface area contributed by atoms with E-state index >= 15 is 0 Å². The second-order valence-corrected chi connectivity index (χ2v) is 6.08. The average molecular weight is 299 g/mol. The summed E-state index contributed by atoms with van der Waals surface area (Å²) in [5.74, 6) is 0.774. The summed E-state index contributed by atoms with van der Waals surface area (Å²) < 4.78 is 0. The van der Waals surface area contributed by atoms with Gasteiger partial charge in [0, 0.05) is 24.4 Å². The minimum Gasteiger partial charge on any atom is -0.493 e. The third-order valence-corrected chi connectivity index (χ3v) is 4.83. The van der Waals surface area contributed by atoms with Gasteiger partial charge in [-0.3, -0.25) is 4.98 Å². The van der Waals surface area contributed by atoms with Gasteiger partial charge in [0.25, 0.3) is 0 Å². The molecule has 5 heteroatoms. The van der Waals surface area contributed by atoms with Crippen molar-refractivity contribution in [3.8, 4) is 5.88 Å². The molecular weight excluding hydrogens is 282 g/mol. The van der Waals surface area contributed by atoms with Crippen molar-refractivity contribution in [1.29, 1.82) is 5.41 Å². The predicted molar refractivity (Wildman–Crippen MR) is 84.2 cm³/mol. The molecule has 1 aliphatic rings. The average Bonchev–Trinajstić information content (AvgIpc) is 2.54. The zero-order chi connectivity index (χ0) is 14.7. The minimum atomic E-state index is -0.0145. The van der Waals surface area contributed by atoms with Crippen molar-refractivity contribution in [2.45, 2.75) is 36.5 Å². The molecule has 2 aromatic rings. The van der Waals surface area contributed by atoms with E-state index < -0.39 is 0 Å². The molecule has 0 saturated heterocycles. The van der Waals surface area contributed by atoms with Crippen molar-refractivity contribution in [3.05, 3.63) is 46.8 Å². The largest absolute Gasteiger partial charge is 0.493 e. The van der Waals surface area contributed by atoms with Gasteiger partial charge in [-0.05, 0) is 48.4 Å². The van der Waals surface area contributed by atoms with Crippen molar-refractivity contribution in [2.24, 2.45) is 0 Å². The van der Waals surface area contributed by atoms with Gasteiger partial charge in [-0.1, -0.05) is 6.07 Å². The quantitative estimate of drug-likeness (QED) is 0.671. The second kappa shape index (κ2) is 6.26. The van der Waals surface area contributed by atoms with E-state index in [1.165, 1.54) is 11.8 Å². The number of hydrogen-bond donors (Lipinski definition) is 2. The Labute approximate surface area is 128 Å². The van der Waals surface area contributed by atoms with E-state index in [1.54, 1.807) is 18.0 Å². The summed E-state index contributed by atoms with van der Waals surface area (Å²) in [6.07, 6.45) is 9.02. The van der Waals surface area contributed by atoms with Gasteiger partial charge in [0.2, 0.25) is 5.88 Å². The topological polar surface area (TPSA) is 69.9 Å². The van der Waals surface area contributed by atoms with Crippen LogP contribution in [0.25, 0.3) is 0 Å². The van der Waals surface area contributed by atoms with E-state index in [1.807, 2.05) is 18.3 Å². The van der Waals surface area contributed by atoms with Gasteiger partial charge in [0.05, 0.1) is 5.56 Å². The molecule has 0 atom stereocenters. The van der Waals surface area contributed by atoms with Crippen LogP contribution in [0.2, 0.25) is 0 Å². The molecular formula is C16H17N3OS. The van der Waals surface area contributed by atoms with Crippen molar-refractivity contribution < 1.29 is 5.11 Å². The maximum Gasteiger partial charge on any atom is 0.221 e. The molecule has 0 saturated carbocycles. The molecule has 0 aromatic carbocycles. The lowest BCUT2D eigenvalue weighted by Gasteiger charge is -2.21. The first-order valence-corrected chi connectivity index (χ1v) is 8.05. The first-order valence-electron chi connectivity index (χ1n) is 7.06. The Balaban J connectivity index is 1.91. The smallest absolute Gasteiger partial charge is 0.221 e. The molecule has 2 heterocycles. The number of thioether (sulfide) groups is 1. The first-order chi connectivity index (χ1) is 10.3. The number of pyridine rings is 2. The van der Waals surface area contributed by atoms with Gasteiger partial charge < -0.3 is 10.5 Å². The number of aromatic hydroxyl groups is 1. The Hall–Kier alpha value is -1.88. The van der Waals surface area contributed by atoms with E-state index in [0.717, 1.165) is 47.6 Å². The van der Waals surface area contributed by atoms with Gasteiger partial charge in [-0.25, -0.2) is 4.98 Å². The van der Waals surface area contributed by atoms with Crippen LogP contribution < -0.4 is 0 Å². The van der Waals surface area contributed by atoms with Crippen LogP contribution >= 0.6 is 11.8 Å². The highest BCUT2D eigenvalue weighted by Crippen LogP contribution is 2.35. The number of nitrogens with one attached hydrogen (secondary N) is 1. The highest BCUT2D eigenvalue weighted by molar-refractivity contribution is 7.98. The molecule has 0 unspecified atom stereocenters. The lowest BCUT2D eigenvalue weighted by atomic mass is 9.90. The molecule has 1 aliphatic carbocycles. The van der Waals surface area contributed by atoms with Crippen LogP contribution in [0, 0.1) is 5.41 Å². The molecule has 0 radical (unpaired) electrons. The maximum atomic E-state index is 10.1. The van der Waals surface area contributed by atoms with Crippen molar-refractivity contribution in [3.63, 3.8) is 0 Å². The van der Waals surface area contributed by atoms with Gasteiger partial charge >= 0.3 is 0 Å². The molecule has 21 heavy (non-hydrogen) atoms. The molecule has 0 amide bonds. The second-order valence-electron chi connectivity index (χ2n) is 5.11. The van der Waals surface area contributed by atoms with E-state index in [0.29, 0.717) is 5.56 Å². The number of nitrogens with zero attached hydrogens (tertiary/aromatic N) is 2. The molecule has 0 fully saturated rings. The zero-order valence-electron chi connectivity index (χ0n) is 11.7. The van der Waals surface area contributed by atoms with Gasteiger partial charge in [-0.2, -0.15) is 0 Å². The molecule has 0 aliphatic heterocycles. The zero-order valence-corrected chi connectivity index (χ0v) is 12.5. The lowest BCUT2D eigenvalue weighted by molar-refractivity contribution is 0.443. The van der Waals surface area contributed by atoms with Crippen molar-refractivity contribution >= 4 is 18.0 Å². The monoisotopic (exact) mass is 299 g/mol. The van der Waals surface area contributed by atoms with Crippen LogP contribution in [-0.4, -0.2) is 21.3 Å². The molecule has 0 bridgehead atoms. The summed E-state index contributed by atoms with van der Waals surface area (Å²) >= 11 is 1.64. The Morgan fingerprint density at radius 1 is 1.29 bits per heavy atom. The Kier molecular flexibility index (Phi) is 4.20. The highest BCUT2D eigenvalue weighted by Gasteiger charge is 2.21. The van der Waals surface area contributed by atoms with Crippen molar-refractivity contribution in [1.82, 2.24) is 9.97 Å². The SMILES string of the molecule is N=Cc1c(O)nc(SCc2cccnc2)c2c1CCCC2. The Bertz CT molecular complexity index is 658. The van der Waals surface area contributed by atoms with Gasteiger partial charge in [0.1, 0.15) is 5.03 Å². The molecule has 3 rings (SSSR count). The maximum absolute atomic E-state index is 10.1. The van der Waals surface area contributed by atoms with Crippen LogP contribution in [0.1, 0.15) is 35.1 Å². The number of fused-ring (bicyclic) bond motifs is 1. The predicted octanol–water partition coefficient (Wildman–Crippen LogP) is 3.35. The molecule has 108 valence electrons. The van der Waals surface area contributed by atoms with E-state index in [9.17, 15) is 5.11 Å². The lowest BCUT2D eigenvalue weighted by Crippen LogP contribution is -2.10. The van der Waals surface area contributed by atoms with E-state index in [4.69, 9.17) is 5.41 Å². The fraction of sp³-hybridized carbons (Fsp3) is 0.312. The highest BCUT2D eigenvalue weighted by atomic mass is 32.2. The summed E-state index contributed by atoms with van der Waals surface area (Å²) in [7, 11) is 0. The summed E-state index contributed by atoms with van der Waals surface area (Å²) in [5, 5.41) is 18.4. The van der Waals surface area contributed by atoms with Crippen LogP contribution in [0.3, 0.4) is 0 Å². The van der Waals surface area contributed by atoms with Crippen LogP contribution in [0.4, 0.5) is 0 Å². The summed E-state index contributed by atoms with van der Waals surface area (Å²) in [6, 6.07) is 3.96. The Morgan fingerprint density at radius 2 is 2.10 bits per heavy atom. The molecule has 2 aromatic heterocycles. The van der Waals surface area contributed by atoms with Crippen LogP contribution in [0.15, 0.2) is 29.6 Å². The van der Waals surface area contributed by atoms with Crippen LogP contribution in [0.5, 0.6) is 5.88 Å². The fourth-order valence-electron chi connectivity index (χ4n) is 2.70. The minimum absolute atomic E-state index is 0.0145. The Morgan fingerprint density at radius 3 is 2.81 bits per heavy atom. The van der Waals surface area contributed by atoms with Crippen LogP contribution in [-0.2, 0) is 18.6 Å². The molecule has 0 spiro atoms. The normalized spacial score (nSPS) is 13.7. The molecule has 2 N–H and O–H groups in total. The molecule has 4 nitrogen and oxygen atoms in total. The summed E-state index contributed by atoms with van der Waals surface area (Å²) in [4.78, 5) is 8.44. The van der Waals surface area contributed by atoms with Crippen molar-refractivity contribution in [2.75, 3.05) is 0 Å². The van der Waals surface area contributed by atoms with E-state index in [2.05, 4.69) is 9.97 Å². The van der Waals surface area contributed by atoms with Gasteiger partial charge in [0.15, 0.2) is 0 Å². The number of hydrogen-bond acceptors (Lipinski definition) is 5. The van der Waals surface area contributed by atoms with E-state index in [-0.39, 0.29) is 5.88 Å².